The van der Waals surface area contributed by atoms with Gasteiger partial charge in [-0.15, -0.1) is 0 Å². The number of carbonyl (C=O) groups is 2. The van der Waals surface area contributed by atoms with Gasteiger partial charge < -0.3 is 15.0 Å². The summed E-state index contributed by atoms with van der Waals surface area (Å²) in [7, 11) is 1.31. The molecule has 7 heteroatoms. The van der Waals surface area contributed by atoms with Crippen LogP contribution in [0.1, 0.15) is 23.2 Å². The minimum absolute atomic E-state index is 0.158. The standard InChI is InChI=1S/C16H20ClN3O3/c1-23-15(21)11-7-12(17)9-13(8-11)18-16(22)20-6-5-19-4-2-3-14(19)10-20/h7-9,14H,2-6,10H2,1H3,(H,18,22). The maximum atomic E-state index is 12.5. The molecule has 1 unspecified atom stereocenters. The van der Waals surface area contributed by atoms with Crippen molar-refractivity contribution in [1.82, 2.24) is 9.80 Å². The van der Waals surface area contributed by atoms with Crippen LogP contribution < -0.4 is 5.32 Å². The van der Waals surface area contributed by atoms with E-state index >= 15 is 0 Å². The molecule has 2 aliphatic rings. The third-order valence-electron chi connectivity index (χ3n) is 4.44. The van der Waals surface area contributed by atoms with Gasteiger partial charge >= 0.3 is 12.0 Å². The molecule has 124 valence electrons. The molecule has 0 bridgehead atoms. The molecular formula is C16H20ClN3O3. The Balaban J connectivity index is 1.68. The van der Waals surface area contributed by atoms with Crippen LogP contribution in [0.25, 0.3) is 0 Å². The molecule has 2 aliphatic heterocycles. The van der Waals surface area contributed by atoms with E-state index in [2.05, 4.69) is 15.0 Å². The van der Waals surface area contributed by atoms with Gasteiger partial charge in [0.25, 0.3) is 0 Å². The van der Waals surface area contributed by atoms with Gasteiger partial charge in [-0.2, -0.15) is 0 Å². The molecule has 0 saturated carbocycles. The van der Waals surface area contributed by atoms with E-state index in [-0.39, 0.29) is 6.03 Å². The topological polar surface area (TPSA) is 61.9 Å². The van der Waals surface area contributed by atoms with Gasteiger partial charge in [-0.05, 0) is 37.6 Å². The molecule has 1 atom stereocenters. The van der Waals surface area contributed by atoms with E-state index < -0.39 is 5.97 Å². The van der Waals surface area contributed by atoms with Gasteiger partial charge in [-0.25, -0.2) is 9.59 Å². The Bertz CT molecular complexity index is 623. The third kappa shape index (κ3) is 3.59. The van der Waals surface area contributed by atoms with E-state index in [0.717, 1.165) is 26.1 Å². The highest BCUT2D eigenvalue weighted by Gasteiger charge is 2.32. The quantitative estimate of drug-likeness (QED) is 0.842. The van der Waals surface area contributed by atoms with Gasteiger partial charge in [-0.1, -0.05) is 11.6 Å². The monoisotopic (exact) mass is 337 g/mol. The van der Waals surface area contributed by atoms with Crippen LogP contribution in [0.2, 0.25) is 5.02 Å². The summed E-state index contributed by atoms with van der Waals surface area (Å²) in [5.41, 5.74) is 0.813. The van der Waals surface area contributed by atoms with Crippen molar-refractivity contribution in [1.29, 1.82) is 0 Å². The SMILES string of the molecule is COC(=O)c1cc(Cl)cc(NC(=O)N2CCN3CCCC3C2)c1. The molecule has 0 spiro atoms. The van der Waals surface area contributed by atoms with Crippen molar-refractivity contribution < 1.29 is 14.3 Å². The third-order valence-corrected chi connectivity index (χ3v) is 4.66. The van der Waals surface area contributed by atoms with Crippen molar-refractivity contribution in [2.45, 2.75) is 18.9 Å². The van der Waals surface area contributed by atoms with Crippen LogP contribution in [-0.2, 0) is 4.74 Å². The van der Waals surface area contributed by atoms with Crippen molar-refractivity contribution in [3.05, 3.63) is 28.8 Å². The summed E-state index contributed by atoms with van der Waals surface area (Å²) in [5.74, 6) is -0.484. The number of nitrogens with zero attached hydrogens (tertiary/aromatic N) is 2. The van der Waals surface area contributed by atoms with Gasteiger partial charge in [0.15, 0.2) is 0 Å². The molecule has 0 aliphatic carbocycles. The number of halogens is 1. The number of benzene rings is 1. The Morgan fingerprint density at radius 1 is 1.26 bits per heavy atom. The lowest BCUT2D eigenvalue weighted by Crippen LogP contribution is -2.53. The largest absolute Gasteiger partial charge is 0.465 e. The van der Waals surface area contributed by atoms with Crippen molar-refractivity contribution >= 4 is 29.3 Å². The predicted molar refractivity (Wildman–Crippen MR) is 88.0 cm³/mol. The van der Waals surface area contributed by atoms with Crippen molar-refractivity contribution in [2.24, 2.45) is 0 Å². The molecule has 3 rings (SSSR count). The van der Waals surface area contributed by atoms with Crippen molar-refractivity contribution in [3.63, 3.8) is 0 Å². The fourth-order valence-corrected chi connectivity index (χ4v) is 3.51. The van der Waals surface area contributed by atoms with Gasteiger partial charge in [-0.3, -0.25) is 4.90 Å². The Labute approximate surface area is 140 Å². The first kappa shape index (κ1) is 16.1. The number of methoxy groups -OCH3 is 1. The Kier molecular flexibility index (Phi) is 4.73. The average molecular weight is 338 g/mol. The number of hydrogen-bond donors (Lipinski definition) is 1. The van der Waals surface area contributed by atoms with Crippen molar-refractivity contribution in [3.8, 4) is 0 Å². The Morgan fingerprint density at radius 2 is 2.09 bits per heavy atom. The second-order valence-corrected chi connectivity index (χ2v) is 6.36. The first-order valence-electron chi connectivity index (χ1n) is 7.75. The molecule has 6 nitrogen and oxygen atoms in total. The number of nitrogens with one attached hydrogen (secondary N) is 1. The number of hydrogen-bond acceptors (Lipinski definition) is 4. The van der Waals surface area contributed by atoms with Crippen LogP contribution in [0.4, 0.5) is 10.5 Å². The van der Waals surface area contributed by atoms with E-state index in [1.54, 1.807) is 12.1 Å². The van der Waals surface area contributed by atoms with Crippen LogP contribution in [0.15, 0.2) is 18.2 Å². The molecule has 1 aromatic rings. The fraction of sp³-hybridized carbons (Fsp3) is 0.500. The van der Waals surface area contributed by atoms with E-state index in [9.17, 15) is 9.59 Å². The first-order valence-corrected chi connectivity index (χ1v) is 8.13. The maximum Gasteiger partial charge on any atom is 0.337 e. The number of urea groups is 1. The van der Waals surface area contributed by atoms with Crippen LogP contribution in [-0.4, -0.2) is 61.1 Å². The molecule has 2 heterocycles. The summed E-state index contributed by atoms with van der Waals surface area (Å²) in [6.07, 6.45) is 2.35. The Hall–Kier alpha value is -1.79. The lowest BCUT2D eigenvalue weighted by Gasteiger charge is -2.37. The van der Waals surface area contributed by atoms with E-state index in [1.165, 1.54) is 19.6 Å². The smallest absolute Gasteiger partial charge is 0.337 e. The predicted octanol–water partition coefficient (Wildman–Crippen LogP) is 2.44. The summed E-state index contributed by atoms with van der Waals surface area (Å²) in [6, 6.07) is 5.02. The van der Waals surface area contributed by atoms with E-state index in [0.29, 0.717) is 28.9 Å². The van der Waals surface area contributed by atoms with E-state index in [1.807, 2.05) is 4.90 Å². The molecule has 2 fully saturated rings. The number of fused-ring (bicyclic) bond motifs is 1. The van der Waals surface area contributed by atoms with Gasteiger partial charge in [0.2, 0.25) is 0 Å². The highest BCUT2D eigenvalue weighted by molar-refractivity contribution is 6.31. The van der Waals surface area contributed by atoms with Crippen molar-refractivity contribution in [2.75, 3.05) is 38.6 Å². The number of carbonyl (C=O) groups excluding carboxylic acids is 2. The normalized spacial score (nSPS) is 21.0. The summed E-state index contributed by atoms with van der Waals surface area (Å²) in [6.45, 7) is 3.51. The molecule has 2 saturated heterocycles. The average Bonchev–Trinajstić information content (AvgIpc) is 3.01. The summed E-state index contributed by atoms with van der Waals surface area (Å²) in [4.78, 5) is 28.3. The molecule has 0 radical (unpaired) electrons. The van der Waals surface area contributed by atoms with Gasteiger partial charge in [0, 0.05) is 36.4 Å². The molecule has 0 aromatic heterocycles. The van der Waals surface area contributed by atoms with Gasteiger partial charge in [0.1, 0.15) is 0 Å². The second-order valence-electron chi connectivity index (χ2n) is 5.93. The number of esters is 1. The highest BCUT2D eigenvalue weighted by Crippen LogP contribution is 2.23. The summed E-state index contributed by atoms with van der Waals surface area (Å²) >= 11 is 6.01. The molecular weight excluding hydrogens is 318 g/mol. The number of anilines is 1. The van der Waals surface area contributed by atoms with Crippen LogP contribution in [0, 0.1) is 0 Å². The molecule has 1 aromatic carbocycles. The van der Waals surface area contributed by atoms with Crippen LogP contribution >= 0.6 is 11.6 Å². The summed E-state index contributed by atoms with van der Waals surface area (Å²) < 4.78 is 4.69. The minimum atomic E-state index is -0.484. The highest BCUT2D eigenvalue weighted by atomic mass is 35.5. The maximum absolute atomic E-state index is 12.5. The zero-order chi connectivity index (χ0) is 16.4. The lowest BCUT2D eigenvalue weighted by atomic mass is 10.1. The number of rotatable bonds is 2. The number of amides is 2. The van der Waals surface area contributed by atoms with Gasteiger partial charge in [0.05, 0.1) is 12.7 Å². The number of ether oxygens (including phenoxy) is 1. The van der Waals surface area contributed by atoms with Crippen LogP contribution in [0.3, 0.4) is 0 Å². The molecule has 1 N–H and O–H groups in total. The minimum Gasteiger partial charge on any atom is -0.465 e. The second kappa shape index (κ2) is 6.76. The zero-order valence-electron chi connectivity index (χ0n) is 13.0. The van der Waals surface area contributed by atoms with Crippen LogP contribution in [0.5, 0.6) is 0 Å². The molecule has 23 heavy (non-hydrogen) atoms. The molecule has 2 amide bonds. The summed E-state index contributed by atoms with van der Waals surface area (Å²) in [5, 5.41) is 3.21. The fourth-order valence-electron chi connectivity index (χ4n) is 3.28. The zero-order valence-corrected chi connectivity index (χ0v) is 13.8. The number of piperazine rings is 1. The first-order chi connectivity index (χ1) is 11.1. The lowest BCUT2D eigenvalue weighted by molar-refractivity contribution is 0.0600. The Morgan fingerprint density at radius 3 is 2.87 bits per heavy atom. The van der Waals surface area contributed by atoms with E-state index in [4.69, 9.17) is 11.6 Å².